The van der Waals surface area contributed by atoms with Crippen LogP contribution in [0.2, 0.25) is 5.02 Å². The van der Waals surface area contributed by atoms with Crippen molar-refractivity contribution in [2.45, 2.75) is 81.6 Å². The summed E-state index contributed by atoms with van der Waals surface area (Å²) in [6, 6.07) is 18.5. The highest BCUT2D eigenvalue weighted by atomic mass is 35.5. The van der Waals surface area contributed by atoms with Gasteiger partial charge in [0.2, 0.25) is 0 Å². The summed E-state index contributed by atoms with van der Waals surface area (Å²) in [4.78, 5) is 34.8. The number of aromatic nitrogens is 2. The average molecular weight is 611 g/mol. The average Bonchev–Trinajstić information content (AvgIpc) is 2.97. The van der Waals surface area contributed by atoms with Crippen molar-refractivity contribution >= 4 is 35.4 Å². The molecule has 4 rings (SSSR count). The maximum atomic E-state index is 13.5. The molecule has 224 valence electrons. The van der Waals surface area contributed by atoms with Gasteiger partial charge in [-0.05, 0) is 61.8 Å². The molecular weight excluding hydrogens is 572 g/mol. The normalized spacial score (nSPS) is 16.9. The van der Waals surface area contributed by atoms with E-state index in [1.54, 1.807) is 6.20 Å². The number of halogens is 1. The summed E-state index contributed by atoms with van der Waals surface area (Å²) in [7, 11) is 0. The van der Waals surface area contributed by atoms with Crippen LogP contribution in [0.5, 0.6) is 0 Å². The molecule has 3 atom stereocenters. The van der Waals surface area contributed by atoms with Gasteiger partial charge in [-0.2, -0.15) is 0 Å². The minimum absolute atomic E-state index is 0.285. The summed E-state index contributed by atoms with van der Waals surface area (Å²) in [6.45, 7) is 3.86. The first-order valence-electron chi connectivity index (χ1n) is 14.4. The molecule has 42 heavy (non-hydrogen) atoms. The Bertz CT molecular complexity index is 1340. The van der Waals surface area contributed by atoms with Crippen LogP contribution in [0, 0.1) is 5.41 Å². The van der Waals surface area contributed by atoms with Crippen LogP contribution < -0.4 is 10.6 Å². The second-order valence-corrected chi connectivity index (χ2v) is 12.7. The number of carbonyl (C=O) groups excluding carboxylic acids is 1. The van der Waals surface area contributed by atoms with Crippen molar-refractivity contribution in [2.75, 3.05) is 5.75 Å². The lowest BCUT2D eigenvalue weighted by Crippen LogP contribution is -2.64. The van der Waals surface area contributed by atoms with Crippen molar-refractivity contribution < 1.29 is 19.8 Å². The number of hydrogen-bond donors (Lipinski definition) is 4. The van der Waals surface area contributed by atoms with Crippen LogP contribution in [0.15, 0.2) is 72.0 Å². The summed E-state index contributed by atoms with van der Waals surface area (Å²) >= 11 is 7.56. The van der Waals surface area contributed by atoms with Crippen LogP contribution in [-0.2, 0) is 4.79 Å². The highest BCUT2D eigenvalue weighted by Crippen LogP contribution is 2.51. The topological polar surface area (TPSA) is 124 Å². The molecule has 0 aliphatic heterocycles. The SMILES string of the molecule is CCCCC(CC1(CSc2nccc(-c3ccc(Cl)cc3)n2)CCC1)(NC(=O)O)C(O)C(=O)N[C@H](C)c1ccccc1. The zero-order chi connectivity index (χ0) is 30.2. The Morgan fingerprint density at radius 2 is 1.83 bits per heavy atom. The van der Waals surface area contributed by atoms with Gasteiger partial charge in [0, 0.05) is 22.5 Å². The maximum Gasteiger partial charge on any atom is 0.405 e. The third kappa shape index (κ3) is 8.02. The van der Waals surface area contributed by atoms with Gasteiger partial charge < -0.3 is 20.8 Å². The molecule has 1 fully saturated rings. The number of nitrogens with zero attached hydrogens (tertiary/aromatic N) is 2. The first-order chi connectivity index (χ1) is 20.2. The van der Waals surface area contributed by atoms with Gasteiger partial charge >= 0.3 is 6.09 Å². The van der Waals surface area contributed by atoms with Crippen molar-refractivity contribution in [3.63, 3.8) is 0 Å². The molecule has 1 saturated carbocycles. The minimum atomic E-state index is -1.56. The Balaban J connectivity index is 1.54. The van der Waals surface area contributed by atoms with Crippen LogP contribution in [0.25, 0.3) is 11.3 Å². The van der Waals surface area contributed by atoms with Gasteiger partial charge in [-0.25, -0.2) is 14.8 Å². The third-order valence-electron chi connectivity index (χ3n) is 8.15. The maximum absolute atomic E-state index is 13.5. The van der Waals surface area contributed by atoms with E-state index in [4.69, 9.17) is 16.6 Å². The predicted octanol–water partition coefficient (Wildman–Crippen LogP) is 6.88. The van der Waals surface area contributed by atoms with Crippen LogP contribution in [0.3, 0.4) is 0 Å². The van der Waals surface area contributed by atoms with E-state index in [-0.39, 0.29) is 11.5 Å². The fourth-order valence-corrected chi connectivity index (χ4v) is 6.95. The standard InChI is InChI=1S/C32H39ClN4O4S/c1-3-4-18-32(37-30(40)41,27(38)28(39)35-22(2)23-9-6-5-7-10-23)20-31(16-8-17-31)21-42-29-34-19-15-26(36-29)24-11-13-25(33)14-12-24/h5-7,9-15,19,22,27,37-38H,3-4,8,16-18,20-21H2,1-2H3,(H,35,39)(H,40,41)/t22-,27?,32?/m1/s1. The number of aliphatic hydroxyl groups excluding tert-OH is 1. The highest BCUT2D eigenvalue weighted by Gasteiger charge is 2.51. The monoisotopic (exact) mass is 610 g/mol. The Morgan fingerprint density at radius 1 is 1.12 bits per heavy atom. The van der Waals surface area contributed by atoms with Crippen molar-refractivity contribution in [1.29, 1.82) is 0 Å². The van der Waals surface area contributed by atoms with Crippen molar-refractivity contribution in [1.82, 2.24) is 20.6 Å². The first-order valence-corrected chi connectivity index (χ1v) is 15.8. The minimum Gasteiger partial charge on any atom is -0.465 e. The molecule has 1 aliphatic carbocycles. The fraction of sp³-hybridized carbons (Fsp3) is 0.438. The summed E-state index contributed by atoms with van der Waals surface area (Å²) < 4.78 is 0. The number of hydrogen-bond acceptors (Lipinski definition) is 6. The number of amides is 2. The van der Waals surface area contributed by atoms with Crippen LogP contribution in [0.1, 0.15) is 70.4 Å². The molecule has 1 heterocycles. The zero-order valence-corrected chi connectivity index (χ0v) is 25.6. The second-order valence-electron chi connectivity index (χ2n) is 11.3. The fourth-order valence-electron chi connectivity index (χ4n) is 5.70. The van der Waals surface area contributed by atoms with E-state index in [0.29, 0.717) is 35.2 Å². The van der Waals surface area contributed by atoms with Crippen LogP contribution in [-0.4, -0.2) is 49.6 Å². The molecule has 2 amide bonds. The van der Waals surface area contributed by atoms with Gasteiger partial charge in [-0.1, -0.05) is 92.0 Å². The lowest BCUT2D eigenvalue weighted by molar-refractivity contribution is -0.136. The van der Waals surface area contributed by atoms with E-state index in [1.165, 1.54) is 11.8 Å². The smallest absolute Gasteiger partial charge is 0.405 e. The van der Waals surface area contributed by atoms with E-state index in [1.807, 2.05) is 74.5 Å². The molecule has 8 nitrogen and oxygen atoms in total. The summed E-state index contributed by atoms with van der Waals surface area (Å²) in [5.74, 6) is 0.0541. The molecule has 0 bridgehead atoms. The van der Waals surface area contributed by atoms with E-state index >= 15 is 0 Å². The van der Waals surface area contributed by atoms with Gasteiger partial charge in [-0.15, -0.1) is 0 Å². The number of thioether (sulfide) groups is 1. The Hall–Kier alpha value is -3.14. The molecule has 3 aromatic rings. The molecule has 0 spiro atoms. The van der Waals surface area contributed by atoms with Crippen molar-refractivity contribution in [3.8, 4) is 11.3 Å². The van der Waals surface area contributed by atoms with Gasteiger partial charge in [0.05, 0.1) is 17.3 Å². The van der Waals surface area contributed by atoms with Crippen LogP contribution in [0.4, 0.5) is 4.79 Å². The number of unbranched alkanes of at least 4 members (excludes halogenated alkanes) is 1. The molecule has 10 heteroatoms. The predicted molar refractivity (Wildman–Crippen MR) is 167 cm³/mol. The molecule has 1 aromatic heterocycles. The third-order valence-corrected chi connectivity index (χ3v) is 9.61. The quantitative estimate of drug-likeness (QED) is 0.116. The largest absolute Gasteiger partial charge is 0.465 e. The van der Waals surface area contributed by atoms with Gasteiger partial charge in [0.15, 0.2) is 11.3 Å². The Kier molecular flexibility index (Phi) is 10.9. The highest BCUT2D eigenvalue weighted by molar-refractivity contribution is 7.99. The van der Waals surface area contributed by atoms with Gasteiger partial charge in [0.25, 0.3) is 5.91 Å². The first kappa shape index (κ1) is 31.8. The lowest BCUT2D eigenvalue weighted by atomic mass is 9.61. The number of aliphatic hydroxyl groups is 1. The number of carboxylic acid groups (broad SMARTS) is 1. The molecule has 2 aromatic carbocycles. The molecule has 1 aliphatic rings. The number of rotatable bonds is 14. The summed E-state index contributed by atoms with van der Waals surface area (Å²) in [5.41, 5.74) is 1.000. The van der Waals surface area contributed by atoms with E-state index < -0.39 is 23.6 Å². The molecule has 0 radical (unpaired) electrons. The van der Waals surface area contributed by atoms with Crippen molar-refractivity contribution in [2.24, 2.45) is 5.41 Å². The Labute approximate surface area is 256 Å². The number of carbonyl (C=O) groups is 2. The van der Waals surface area contributed by atoms with Crippen LogP contribution >= 0.6 is 23.4 Å². The summed E-state index contributed by atoms with van der Waals surface area (Å²) in [5, 5.41) is 28.3. The van der Waals surface area contributed by atoms with E-state index in [2.05, 4.69) is 15.6 Å². The number of nitrogens with one attached hydrogen (secondary N) is 2. The molecule has 4 N–H and O–H groups in total. The van der Waals surface area contributed by atoms with E-state index in [0.717, 1.165) is 42.5 Å². The zero-order valence-electron chi connectivity index (χ0n) is 24.1. The molecule has 0 saturated heterocycles. The molecular formula is C32H39ClN4O4S. The van der Waals surface area contributed by atoms with Crippen molar-refractivity contribution in [3.05, 3.63) is 77.4 Å². The van der Waals surface area contributed by atoms with Gasteiger partial charge in [0.1, 0.15) is 0 Å². The van der Waals surface area contributed by atoms with Gasteiger partial charge in [-0.3, -0.25) is 4.79 Å². The lowest BCUT2D eigenvalue weighted by Gasteiger charge is -2.50. The second kappa shape index (κ2) is 14.4. The molecule has 2 unspecified atom stereocenters. The Morgan fingerprint density at radius 3 is 2.45 bits per heavy atom. The summed E-state index contributed by atoms with van der Waals surface area (Å²) in [6.07, 6.45) is 3.78. The van der Waals surface area contributed by atoms with E-state index in [9.17, 15) is 19.8 Å². The number of benzene rings is 2.